The van der Waals surface area contributed by atoms with Gasteiger partial charge in [0.15, 0.2) is 17.5 Å². The third-order valence-corrected chi connectivity index (χ3v) is 9.38. The van der Waals surface area contributed by atoms with Crippen LogP contribution in [0, 0.1) is 0 Å². The molecule has 0 N–H and O–H groups in total. The average molecular weight is 582 g/mol. The van der Waals surface area contributed by atoms with Crippen molar-refractivity contribution in [3.63, 3.8) is 0 Å². The van der Waals surface area contributed by atoms with Gasteiger partial charge in [0.05, 0.1) is 0 Å². The second kappa shape index (κ2) is 9.97. The summed E-state index contributed by atoms with van der Waals surface area (Å²) in [6.07, 6.45) is 0. The molecular formula is C39H23N3OS. The van der Waals surface area contributed by atoms with Crippen molar-refractivity contribution in [1.29, 1.82) is 0 Å². The minimum Gasteiger partial charge on any atom is -0.455 e. The molecule has 6 aromatic carbocycles. The second-order valence-corrected chi connectivity index (χ2v) is 11.8. The smallest absolute Gasteiger partial charge is 0.165 e. The molecule has 4 nitrogen and oxygen atoms in total. The maximum Gasteiger partial charge on any atom is 0.165 e. The quantitative estimate of drug-likeness (QED) is 0.207. The Labute approximate surface area is 256 Å². The molecule has 0 saturated carbocycles. The molecule has 9 aromatic rings. The highest BCUT2D eigenvalue weighted by molar-refractivity contribution is 7.26. The van der Waals surface area contributed by atoms with Crippen molar-refractivity contribution in [1.82, 2.24) is 15.0 Å². The third-order valence-electron chi connectivity index (χ3n) is 8.16. The summed E-state index contributed by atoms with van der Waals surface area (Å²) in [7, 11) is 0. The molecule has 0 amide bonds. The van der Waals surface area contributed by atoms with Crippen LogP contribution in [0.25, 0.3) is 87.4 Å². The van der Waals surface area contributed by atoms with E-state index < -0.39 is 0 Å². The first-order valence-corrected chi connectivity index (χ1v) is 15.4. The van der Waals surface area contributed by atoms with E-state index in [0.29, 0.717) is 17.5 Å². The van der Waals surface area contributed by atoms with Gasteiger partial charge in [0.1, 0.15) is 11.2 Å². The first kappa shape index (κ1) is 24.9. The fourth-order valence-corrected chi connectivity index (χ4v) is 7.35. The molecule has 0 fully saturated rings. The Morgan fingerprint density at radius 3 is 1.84 bits per heavy atom. The van der Waals surface area contributed by atoms with E-state index in [1.807, 2.05) is 48.5 Å². The van der Waals surface area contributed by atoms with Gasteiger partial charge in [-0.2, -0.15) is 0 Å². The van der Waals surface area contributed by atoms with E-state index in [1.54, 1.807) is 11.3 Å². The number of benzene rings is 6. The number of hydrogen-bond acceptors (Lipinski definition) is 5. The molecular weight excluding hydrogens is 559 g/mol. The monoisotopic (exact) mass is 581 g/mol. The lowest BCUT2D eigenvalue weighted by molar-refractivity contribution is 0.670. The molecule has 0 spiro atoms. The van der Waals surface area contributed by atoms with Crippen LogP contribution in [0.5, 0.6) is 0 Å². The molecule has 3 heterocycles. The second-order valence-electron chi connectivity index (χ2n) is 10.8. The van der Waals surface area contributed by atoms with E-state index in [9.17, 15) is 0 Å². The summed E-state index contributed by atoms with van der Waals surface area (Å²) in [6, 6.07) is 47.9. The van der Waals surface area contributed by atoms with Gasteiger partial charge >= 0.3 is 0 Å². The van der Waals surface area contributed by atoms with E-state index in [1.165, 1.54) is 20.2 Å². The molecule has 0 bridgehead atoms. The van der Waals surface area contributed by atoms with Gasteiger partial charge in [-0.1, -0.05) is 121 Å². The van der Waals surface area contributed by atoms with Crippen LogP contribution in [-0.2, 0) is 0 Å². The molecule has 0 atom stereocenters. The fourth-order valence-electron chi connectivity index (χ4n) is 6.14. The van der Waals surface area contributed by atoms with E-state index in [0.717, 1.165) is 49.8 Å². The number of hydrogen-bond donors (Lipinski definition) is 0. The predicted octanol–water partition coefficient (Wildman–Crippen LogP) is 10.8. The lowest BCUT2D eigenvalue weighted by Gasteiger charge is -2.10. The van der Waals surface area contributed by atoms with Crippen LogP contribution in [-0.4, -0.2) is 15.0 Å². The lowest BCUT2D eigenvalue weighted by atomic mass is 10.0. The minimum atomic E-state index is 0.616. The maximum atomic E-state index is 6.55. The van der Waals surface area contributed by atoms with E-state index in [-0.39, 0.29) is 0 Å². The summed E-state index contributed by atoms with van der Waals surface area (Å²) in [5.41, 5.74) is 6.68. The number of thiophene rings is 1. The topological polar surface area (TPSA) is 51.8 Å². The van der Waals surface area contributed by atoms with Crippen molar-refractivity contribution < 1.29 is 4.42 Å². The Bertz CT molecular complexity index is 2500. The van der Waals surface area contributed by atoms with Crippen molar-refractivity contribution in [3.05, 3.63) is 140 Å². The Morgan fingerprint density at radius 1 is 0.432 bits per heavy atom. The van der Waals surface area contributed by atoms with E-state index in [4.69, 9.17) is 19.4 Å². The van der Waals surface area contributed by atoms with Gasteiger partial charge < -0.3 is 4.42 Å². The highest BCUT2D eigenvalue weighted by Gasteiger charge is 2.20. The molecule has 0 radical (unpaired) electrons. The van der Waals surface area contributed by atoms with Crippen molar-refractivity contribution in [2.24, 2.45) is 0 Å². The minimum absolute atomic E-state index is 0.616. The summed E-state index contributed by atoms with van der Waals surface area (Å²) < 4.78 is 8.97. The van der Waals surface area contributed by atoms with Gasteiger partial charge in [-0.3, -0.25) is 0 Å². The zero-order valence-electron chi connectivity index (χ0n) is 23.4. The van der Waals surface area contributed by atoms with Crippen LogP contribution in [0.2, 0.25) is 0 Å². The number of rotatable bonds is 4. The Balaban J connectivity index is 1.32. The average Bonchev–Trinajstić information content (AvgIpc) is 3.67. The molecule has 44 heavy (non-hydrogen) atoms. The Morgan fingerprint density at radius 2 is 1.02 bits per heavy atom. The summed E-state index contributed by atoms with van der Waals surface area (Å²) in [6.45, 7) is 0. The van der Waals surface area contributed by atoms with E-state index in [2.05, 4.69) is 91.0 Å². The fraction of sp³-hybridized carbons (Fsp3) is 0. The van der Waals surface area contributed by atoms with Crippen LogP contribution in [0.15, 0.2) is 144 Å². The van der Waals surface area contributed by atoms with Crippen LogP contribution >= 0.6 is 11.3 Å². The summed E-state index contributed by atoms with van der Waals surface area (Å²) in [4.78, 5) is 15.3. The van der Waals surface area contributed by atoms with Crippen LogP contribution < -0.4 is 0 Å². The van der Waals surface area contributed by atoms with Crippen LogP contribution in [0.1, 0.15) is 0 Å². The number of furan rings is 1. The van der Waals surface area contributed by atoms with Gasteiger partial charge in [0, 0.05) is 53.2 Å². The SMILES string of the molecule is c1ccc(-c2nc(-c3cccc4c3sc3ccccc34)nc(-c3cccc4oc5c(-c6ccccc6)cccc5c34)n2)cc1. The summed E-state index contributed by atoms with van der Waals surface area (Å²) in [5.74, 6) is 1.91. The Kier molecular flexibility index (Phi) is 5.64. The van der Waals surface area contributed by atoms with Gasteiger partial charge in [-0.25, -0.2) is 15.0 Å². The molecule has 206 valence electrons. The van der Waals surface area contributed by atoms with Crippen molar-refractivity contribution in [2.45, 2.75) is 0 Å². The summed E-state index contributed by atoms with van der Waals surface area (Å²) >= 11 is 1.78. The van der Waals surface area contributed by atoms with E-state index >= 15 is 0 Å². The van der Waals surface area contributed by atoms with Gasteiger partial charge in [-0.05, 0) is 23.8 Å². The van der Waals surface area contributed by atoms with Gasteiger partial charge in [0.25, 0.3) is 0 Å². The first-order chi connectivity index (χ1) is 21.8. The number of fused-ring (bicyclic) bond motifs is 6. The number of para-hydroxylation sites is 1. The molecule has 3 aromatic heterocycles. The van der Waals surface area contributed by atoms with Crippen molar-refractivity contribution in [2.75, 3.05) is 0 Å². The largest absolute Gasteiger partial charge is 0.455 e. The number of aromatic nitrogens is 3. The zero-order chi connectivity index (χ0) is 29.0. The first-order valence-electron chi connectivity index (χ1n) is 14.5. The highest BCUT2D eigenvalue weighted by Crippen LogP contribution is 2.42. The maximum absolute atomic E-state index is 6.55. The van der Waals surface area contributed by atoms with Crippen LogP contribution in [0.3, 0.4) is 0 Å². The molecule has 0 unspecified atom stereocenters. The van der Waals surface area contributed by atoms with Crippen molar-refractivity contribution >= 4 is 53.4 Å². The normalized spacial score (nSPS) is 11.6. The van der Waals surface area contributed by atoms with Gasteiger partial charge in [-0.15, -0.1) is 11.3 Å². The third kappa shape index (κ3) is 3.94. The van der Waals surface area contributed by atoms with Crippen molar-refractivity contribution in [3.8, 4) is 45.3 Å². The number of nitrogens with zero attached hydrogens (tertiary/aromatic N) is 3. The van der Waals surface area contributed by atoms with Gasteiger partial charge in [0.2, 0.25) is 0 Å². The molecule has 9 rings (SSSR count). The zero-order valence-corrected chi connectivity index (χ0v) is 24.3. The lowest BCUT2D eigenvalue weighted by Crippen LogP contribution is -2.00. The molecule has 0 aliphatic heterocycles. The molecule has 0 saturated heterocycles. The highest BCUT2D eigenvalue weighted by atomic mass is 32.1. The standard InChI is InChI=1S/C39H23N3OS/c1-3-12-24(13-4-1)26-17-9-19-29-34-30(20-11-22-32(34)43-35(26)29)38-40-37(25-14-5-2-6-15-25)41-39(42-38)31-21-10-18-28-27-16-7-8-23-33(27)44-36(28)31/h1-23H. The predicted molar refractivity (Wildman–Crippen MR) is 182 cm³/mol. The summed E-state index contributed by atoms with van der Waals surface area (Å²) in [5, 5.41) is 4.49. The molecule has 0 aliphatic carbocycles. The Hall–Kier alpha value is -5.65. The molecule has 5 heteroatoms. The van der Waals surface area contributed by atoms with Crippen LogP contribution in [0.4, 0.5) is 0 Å². The molecule has 0 aliphatic rings.